The zero-order valence-corrected chi connectivity index (χ0v) is 8.65. The van der Waals surface area contributed by atoms with Gasteiger partial charge in [0.1, 0.15) is 11.0 Å². The van der Waals surface area contributed by atoms with Gasteiger partial charge in [-0.3, -0.25) is 0 Å². The highest BCUT2D eigenvalue weighted by atomic mass is 32.2. The van der Waals surface area contributed by atoms with Crippen molar-refractivity contribution in [1.29, 1.82) is 0 Å². The van der Waals surface area contributed by atoms with Crippen molar-refractivity contribution in [2.75, 3.05) is 11.0 Å². The first-order valence-electron chi connectivity index (χ1n) is 4.02. The second-order valence-electron chi connectivity index (χ2n) is 2.97. The Labute approximate surface area is 80.9 Å². The highest BCUT2D eigenvalue weighted by molar-refractivity contribution is 7.85. The van der Waals surface area contributed by atoms with Crippen LogP contribution in [0.15, 0.2) is 18.2 Å². The highest BCUT2D eigenvalue weighted by Gasteiger charge is 1.97. The molecule has 1 aromatic carbocycles. The molecule has 0 saturated carbocycles. The average molecular weight is 198 g/mol. The van der Waals surface area contributed by atoms with Crippen LogP contribution in [0.3, 0.4) is 0 Å². The van der Waals surface area contributed by atoms with E-state index in [1.807, 2.05) is 25.1 Å². The molecule has 1 aromatic rings. The number of nitrogens with two attached hydrogens (primary N) is 1. The van der Waals surface area contributed by atoms with Gasteiger partial charge in [-0.1, -0.05) is 6.07 Å². The van der Waals surface area contributed by atoms with Crippen LogP contribution in [0, 0.1) is 6.92 Å². The van der Waals surface area contributed by atoms with Crippen LogP contribution in [-0.4, -0.2) is 10.5 Å². The molecule has 1 rings (SSSR count). The van der Waals surface area contributed by atoms with Crippen molar-refractivity contribution in [3.63, 3.8) is 0 Å². The number of nitrogens with one attached hydrogen (secondary N) is 1. The molecule has 0 spiro atoms. The largest absolute Gasteiger partial charge is 0.326 e. The van der Waals surface area contributed by atoms with Crippen molar-refractivity contribution in [3.8, 4) is 0 Å². The molecule has 0 heterocycles. The Balaban J connectivity index is 2.94. The van der Waals surface area contributed by atoms with E-state index in [1.165, 1.54) is 0 Å². The maximum absolute atomic E-state index is 10.9. The van der Waals surface area contributed by atoms with Gasteiger partial charge in [-0.2, -0.15) is 0 Å². The molecule has 3 N–H and O–H groups in total. The Morgan fingerprint density at radius 3 is 2.69 bits per heavy atom. The minimum Gasteiger partial charge on any atom is -0.326 e. The molecule has 4 heteroatoms. The smallest absolute Gasteiger partial charge is 0.113 e. The molecule has 0 aliphatic heterocycles. The fourth-order valence-electron chi connectivity index (χ4n) is 1.21. The number of hydrogen-bond donors (Lipinski definition) is 2. The predicted molar refractivity (Wildman–Crippen MR) is 56.8 cm³/mol. The number of rotatable bonds is 3. The van der Waals surface area contributed by atoms with E-state index in [1.54, 1.807) is 6.26 Å². The number of hydrogen-bond acceptors (Lipinski definition) is 2. The lowest BCUT2D eigenvalue weighted by Crippen LogP contribution is -2.03. The van der Waals surface area contributed by atoms with Gasteiger partial charge in [0.15, 0.2) is 0 Å². The van der Waals surface area contributed by atoms with E-state index in [-0.39, 0.29) is 0 Å². The van der Waals surface area contributed by atoms with Gasteiger partial charge in [0.05, 0.1) is 0 Å². The van der Waals surface area contributed by atoms with Crippen LogP contribution < -0.4 is 10.5 Å². The molecule has 1 atom stereocenters. The molecule has 0 aromatic heterocycles. The molecule has 0 aliphatic rings. The molecule has 3 nitrogen and oxygen atoms in total. The lowest BCUT2D eigenvalue weighted by atomic mass is 10.1. The van der Waals surface area contributed by atoms with Gasteiger partial charge in [0.25, 0.3) is 0 Å². The molecule has 0 aliphatic carbocycles. The maximum atomic E-state index is 10.9. The molecule has 0 bridgehead atoms. The lowest BCUT2D eigenvalue weighted by Gasteiger charge is -2.06. The Morgan fingerprint density at radius 1 is 1.46 bits per heavy atom. The van der Waals surface area contributed by atoms with Gasteiger partial charge < -0.3 is 10.5 Å². The summed E-state index contributed by atoms with van der Waals surface area (Å²) in [4.78, 5) is 0. The number of benzene rings is 1. The second kappa shape index (κ2) is 4.39. The summed E-state index contributed by atoms with van der Waals surface area (Å²) in [6.07, 6.45) is 1.60. The van der Waals surface area contributed by atoms with Crippen LogP contribution in [0.25, 0.3) is 0 Å². The molecular formula is C9H14N2OS. The molecule has 0 fully saturated rings. The van der Waals surface area contributed by atoms with Crippen LogP contribution in [0.2, 0.25) is 0 Å². The van der Waals surface area contributed by atoms with E-state index in [9.17, 15) is 4.21 Å². The van der Waals surface area contributed by atoms with Gasteiger partial charge >= 0.3 is 0 Å². The third-order valence-electron chi connectivity index (χ3n) is 1.63. The van der Waals surface area contributed by atoms with Crippen molar-refractivity contribution < 1.29 is 4.21 Å². The first-order valence-corrected chi connectivity index (χ1v) is 5.58. The van der Waals surface area contributed by atoms with Crippen LogP contribution in [0.1, 0.15) is 11.1 Å². The minimum absolute atomic E-state index is 0.507. The zero-order valence-electron chi connectivity index (χ0n) is 7.83. The maximum Gasteiger partial charge on any atom is 0.113 e. The van der Waals surface area contributed by atoms with E-state index in [2.05, 4.69) is 4.72 Å². The lowest BCUT2D eigenvalue weighted by molar-refractivity contribution is 0.690. The molecule has 0 radical (unpaired) electrons. The summed E-state index contributed by atoms with van der Waals surface area (Å²) in [5.74, 6) is 0. The third kappa shape index (κ3) is 3.16. The summed E-state index contributed by atoms with van der Waals surface area (Å²) < 4.78 is 13.7. The topological polar surface area (TPSA) is 55.1 Å². The summed E-state index contributed by atoms with van der Waals surface area (Å²) in [5, 5.41) is 0. The van der Waals surface area contributed by atoms with Crippen LogP contribution >= 0.6 is 0 Å². The third-order valence-corrected chi connectivity index (χ3v) is 2.16. The molecule has 0 amide bonds. The Bertz CT molecular complexity index is 325. The second-order valence-corrected chi connectivity index (χ2v) is 4.08. The Hall–Kier alpha value is -0.870. The summed E-state index contributed by atoms with van der Waals surface area (Å²) in [6.45, 7) is 2.50. The first-order chi connectivity index (χ1) is 6.11. The normalized spacial score (nSPS) is 12.5. The van der Waals surface area contributed by atoms with Crippen molar-refractivity contribution in [1.82, 2.24) is 0 Å². The molecule has 1 unspecified atom stereocenters. The highest BCUT2D eigenvalue weighted by Crippen LogP contribution is 2.14. The quantitative estimate of drug-likeness (QED) is 0.765. The summed E-state index contributed by atoms with van der Waals surface area (Å²) >= 11 is 0. The van der Waals surface area contributed by atoms with Gasteiger partial charge in [-0.05, 0) is 30.2 Å². The Morgan fingerprint density at radius 2 is 2.15 bits per heavy atom. The fourth-order valence-corrected chi connectivity index (χ4v) is 1.65. The zero-order chi connectivity index (χ0) is 9.84. The van der Waals surface area contributed by atoms with Crippen LogP contribution in [-0.2, 0) is 17.5 Å². The first kappa shape index (κ1) is 10.2. The molecular weight excluding hydrogens is 184 g/mol. The summed E-state index contributed by atoms with van der Waals surface area (Å²) in [5.41, 5.74) is 8.55. The van der Waals surface area contributed by atoms with E-state index >= 15 is 0 Å². The fraction of sp³-hybridized carbons (Fsp3) is 0.333. The molecule has 13 heavy (non-hydrogen) atoms. The van der Waals surface area contributed by atoms with Crippen LogP contribution in [0.4, 0.5) is 5.69 Å². The monoisotopic (exact) mass is 198 g/mol. The molecule has 72 valence electrons. The van der Waals surface area contributed by atoms with E-state index in [4.69, 9.17) is 5.73 Å². The predicted octanol–water partition coefficient (Wildman–Crippen LogP) is 1.16. The Kier molecular flexibility index (Phi) is 3.45. The summed E-state index contributed by atoms with van der Waals surface area (Å²) in [7, 11) is -1.03. The number of aryl methyl sites for hydroxylation is 1. The van der Waals surface area contributed by atoms with Crippen molar-refractivity contribution in [3.05, 3.63) is 29.3 Å². The van der Waals surface area contributed by atoms with Crippen molar-refractivity contribution in [2.24, 2.45) is 5.73 Å². The van der Waals surface area contributed by atoms with E-state index < -0.39 is 11.0 Å². The van der Waals surface area contributed by atoms with Gasteiger partial charge in [0.2, 0.25) is 0 Å². The van der Waals surface area contributed by atoms with Crippen molar-refractivity contribution in [2.45, 2.75) is 13.5 Å². The van der Waals surface area contributed by atoms with E-state index in [0.29, 0.717) is 6.54 Å². The number of anilines is 1. The van der Waals surface area contributed by atoms with Gasteiger partial charge in [0, 0.05) is 18.5 Å². The van der Waals surface area contributed by atoms with Crippen LogP contribution in [0.5, 0.6) is 0 Å². The van der Waals surface area contributed by atoms with Gasteiger partial charge in [-0.25, -0.2) is 4.21 Å². The average Bonchev–Trinajstić information content (AvgIpc) is 2.01. The standard InChI is InChI=1S/C9H14N2OS/c1-7-3-8(6-10)5-9(4-7)11-13(2)12/h3-5,11H,6,10H2,1-2H3. The van der Waals surface area contributed by atoms with Crippen molar-refractivity contribution >= 4 is 16.7 Å². The van der Waals surface area contributed by atoms with Gasteiger partial charge in [-0.15, -0.1) is 0 Å². The SMILES string of the molecule is Cc1cc(CN)cc(NS(C)=O)c1. The summed E-state index contributed by atoms with van der Waals surface area (Å²) in [6, 6.07) is 5.87. The molecule has 0 saturated heterocycles. The minimum atomic E-state index is -1.03. The van der Waals surface area contributed by atoms with E-state index in [0.717, 1.165) is 16.8 Å².